The molecule has 2 aromatic heterocycles. The highest BCUT2D eigenvalue weighted by Gasteiger charge is 2.23. The fourth-order valence-corrected chi connectivity index (χ4v) is 3.88. The number of nitrogens with one attached hydrogen (secondary N) is 1. The van der Waals surface area contributed by atoms with Gasteiger partial charge in [0.2, 0.25) is 5.91 Å². The van der Waals surface area contributed by atoms with Gasteiger partial charge in [0.1, 0.15) is 40.7 Å². The molecule has 0 spiro atoms. The van der Waals surface area contributed by atoms with E-state index in [9.17, 15) is 19.2 Å². The van der Waals surface area contributed by atoms with Crippen LogP contribution in [0.5, 0.6) is 11.5 Å². The Morgan fingerprint density at radius 1 is 1.03 bits per heavy atom. The van der Waals surface area contributed by atoms with E-state index in [1.807, 2.05) is 0 Å². The molecule has 3 aromatic rings. The number of anilines is 1. The van der Waals surface area contributed by atoms with E-state index in [1.165, 1.54) is 38.6 Å². The number of methoxy groups -OCH3 is 2. The van der Waals surface area contributed by atoms with Crippen molar-refractivity contribution in [3.05, 3.63) is 55.4 Å². The predicted molar refractivity (Wildman–Crippen MR) is 134 cm³/mol. The number of ether oxygens (including phenoxy) is 3. The second-order valence-electron chi connectivity index (χ2n) is 8.58. The molecule has 0 radical (unpaired) electrons. The van der Waals surface area contributed by atoms with Crippen LogP contribution in [0.1, 0.15) is 20.8 Å². The molecule has 1 aromatic carbocycles. The number of pyridine rings is 1. The van der Waals surface area contributed by atoms with Crippen LogP contribution in [0.3, 0.4) is 0 Å². The van der Waals surface area contributed by atoms with E-state index in [0.717, 1.165) is 4.57 Å². The number of aromatic nitrogens is 3. The fraction of sp³-hybridized carbons (Fsp3) is 0.348. The molecule has 0 aliphatic carbocycles. The highest BCUT2D eigenvalue weighted by Crippen LogP contribution is 2.35. The molecule has 0 saturated carbocycles. The van der Waals surface area contributed by atoms with Crippen molar-refractivity contribution < 1.29 is 23.8 Å². The van der Waals surface area contributed by atoms with Gasteiger partial charge in [0, 0.05) is 12.3 Å². The van der Waals surface area contributed by atoms with Crippen molar-refractivity contribution in [3.8, 4) is 11.5 Å². The third-order valence-corrected chi connectivity index (χ3v) is 5.43. The second-order valence-corrected chi connectivity index (χ2v) is 9.34. The van der Waals surface area contributed by atoms with Crippen molar-refractivity contribution in [2.75, 3.05) is 19.5 Å². The number of amides is 1. The average molecular weight is 539 g/mol. The summed E-state index contributed by atoms with van der Waals surface area (Å²) in [7, 11) is 2.83. The summed E-state index contributed by atoms with van der Waals surface area (Å²) in [5, 5.41) is 2.53. The Morgan fingerprint density at radius 2 is 1.69 bits per heavy atom. The zero-order valence-electron chi connectivity index (χ0n) is 20.2. The maximum Gasteiger partial charge on any atom is 0.332 e. The smallest absolute Gasteiger partial charge is 0.332 e. The number of fused-ring (bicyclic) bond motifs is 1. The number of benzene rings is 1. The van der Waals surface area contributed by atoms with Crippen LogP contribution in [0.25, 0.3) is 10.9 Å². The zero-order valence-corrected chi connectivity index (χ0v) is 21.7. The predicted octanol–water partition coefficient (Wildman–Crippen LogP) is 2.86. The summed E-state index contributed by atoms with van der Waals surface area (Å²) in [5.41, 5.74) is -2.28. The van der Waals surface area contributed by atoms with Gasteiger partial charge in [-0.2, -0.15) is 0 Å². The van der Waals surface area contributed by atoms with Gasteiger partial charge in [-0.1, -0.05) is 23.2 Å². The maximum atomic E-state index is 13.3. The second kappa shape index (κ2) is 10.6. The minimum atomic E-state index is -0.907. The molecule has 0 fully saturated rings. The lowest BCUT2D eigenvalue weighted by atomic mass is 10.2. The summed E-state index contributed by atoms with van der Waals surface area (Å²) in [5.74, 6) is -0.850. The lowest BCUT2D eigenvalue weighted by Crippen LogP contribution is -2.44. The number of halogens is 2. The van der Waals surface area contributed by atoms with Crippen molar-refractivity contribution in [1.29, 1.82) is 0 Å². The monoisotopic (exact) mass is 538 g/mol. The lowest BCUT2D eigenvalue weighted by Gasteiger charge is -2.20. The first-order valence-electron chi connectivity index (χ1n) is 10.6. The Bertz CT molecular complexity index is 1460. The van der Waals surface area contributed by atoms with Crippen LogP contribution in [-0.4, -0.2) is 45.8 Å². The molecule has 0 aliphatic heterocycles. The van der Waals surface area contributed by atoms with Gasteiger partial charge >= 0.3 is 11.7 Å². The quantitative estimate of drug-likeness (QED) is 0.358. The molecule has 192 valence electrons. The van der Waals surface area contributed by atoms with E-state index in [0.29, 0.717) is 10.3 Å². The summed E-state index contributed by atoms with van der Waals surface area (Å²) in [6, 6.07) is 4.30. The Hall–Kier alpha value is -3.57. The number of nitrogens with zero attached hydrogens (tertiary/aromatic N) is 3. The molecule has 0 bridgehead atoms. The first-order valence-corrected chi connectivity index (χ1v) is 11.3. The summed E-state index contributed by atoms with van der Waals surface area (Å²) >= 11 is 12.3. The minimum absolute atomic E-state index is 0.0697. The van der Waals surface area contributed by atoms with Crippen molar-refractivity contribution in [1.82, 2.24) is 14.1 Å². The van der Waals surface area contributed by atoms with Crippen LogP contribution in [-0.2, 0) is 27.4 Å². The highest BCUT2D eigenvalue weighted by atomic mass is 35.5. The van der Waals surface area contributed by atoms with Gasteiger partial charge in [-0.25, -0.2) is 14.3 Å². The van der Waals surface area contributed by atoms with Gasteiger partial charge in [0.25, 0.3) is 5.56 Å². The molecule has 0 aliphatic rings. The zero-order chi connectivity index (χ0) is 26.8. The molecule has 36 heavy (non-hydrogen) atoms. The number of rotatable bonds is 7. The summed E-state index contributed by atoms with van der Waals surface area (Å²) in [4.78, 5) is 55.6. The van der Waals surface area contributed by atoms with Crippen molar-refractivity contribution in [2.24, 2.45) is 0 Å². The van der Waals surface area contributed by atoms with Crippen molar-refractivity contribution in [2.45, 2.75) is 39.5 Å². The largest absolute Gasteiger partial charge is 0.495 e. The molecule has 11 nitrogen and oxygen atoms in total. The van der Waals surface area contributed by atoms with E-state index in [-0.39, 0.29) is 32.5 Å². The fourth-order valence-electron chi connectivity index (χ4n) is 3.41. The van der Waals surface area contributed by atoms with Gasteiger partial charge in [-0.3, -0.25) is 19.0 Å². The van der Waals surface area contributed by atoms with E-state index < -0.39 is 41.8 Å². The molecule has 0 saturated heterocycles. The molecule has 13 heteroatoms. The Labute approximate surface area is 215 Å². The maximum absolute atomic E-state index is 13.3. The first kappa shape index (κ1) is 27.0. The number of carbonyl (C=O) groups excluding carboxylic acids is 2. The highest BCUT2D eigenvalue weighted by molar-refractivity contribution is 6.34. The van der Waals surface area contributed by atoms with Crippen LogP contribution in [0.2, 0.25) is 10.2 Å². The minimum Gasteiger partial charge on any atom is -0.495 e. The molecule has 2 heterocycles. The SMILES string of the molecule is COc1cc(OC)c(NC(=O)Cn2c(=O)n(CC(=O)OC(C)(C)C)c(=O)c3c(Cl)nccc32)cc1Cl. The van der Waals surface area contributed by atoms with E-state index in [1.54, 1.807) is 20.8 Å². The van der Waals surface area contributed by atoms with Crippen molar-refractivity contribution >= 4 is 51.7 Å². The van der Waals surface area contributed by atoms with Gasteiger partial charge < -0.3 is 19.5 Å². The summed E-state index contributed by atoms with van der Waals surface area (Å²) in [6.07, 6.45) is 1.29. The third-order valence-electron chi connectivity index (χ3n) is 4.85. The van der Waals surface area contributed by atoms with Crippen molar-refractivity contribution in [3.63, 3.8) is 0 Å². The van der Waals surface area contributed by atoms with Gasteiger partial charge in [-0.05, 0) is 32.9 Å². The average Bonchev–Trinajstić information content (AvgIpc) is 2.78. The topological polar surface area (TPSA) is 131 Å². The number of hydrogen-bond donors (Lipinski definition) is 1. The number of carbonyl (C=O) groups is 2. The van der Waals surface area contributed by atoms with Gasteiger partial charge in [0.05, 0.1) is 30.4 Å². The third kappa shape index (κ3) is 5.80. The van der Waals surface area contributed by atoms with E-state index >= 15 is 0 Å². The molecule has 1 N–H and O–H groups in total. The molecule has 0 unspecified atom stereocenters. The van der Waals surface area contributed by atoms with Crippen LogP contribution in [0.4, 0.5) is 5.69 Å². The Balaban J connectivity index is 2.06. The molecule has 0 atom stereocenters. The van der Waals surface area contributed by atoms with Crippen LogP contribution in [0, 0.1) is 0 Å². The number of esters is 1. The summed E-state index contributed by atoms with van der Waals surface area (Å²) < 4.78 is 17.3. The van der Waals surface area contributed by atoms with E-state index in [2.05, 4.69) is 10.3 Å². The molecule has 1 amide bonds. The van der Waals surface area contributed by atoms with Crippen LogP contribution in [0.15, 0.2) is 34.0 Å². The Morgan fingerprint density at radius 3 is 2.31 bits per heavy atom. The molecular weight excluding hydrogens is 515 g/mol. The van der Waals surface area contributed by atoms with Crippen LogP contribution < -0.4 is 26.0 Å². The molecule has 3 rings (SSSR count). The van der Waals surface area contributed by atoms with Crippen LogP contribution >= 0.6 is 23.2 Å². The Kier molecular flexibility index (Phi) is 7.95. The summed E-state index contributed by atoms with van der Waals surface area (Å²) in [6.45, 7) is 3.74. The van der Waals surface area contributed by atoms with E-state index in [4.69, 9.17) is 37.4 Å². The standard InChI is InChI=1S/C23H24Cl2N4O7/c1-23(2,3)36-18(31)11-29-21(32)19-14(6-7-26-20(19)25)28(22(29)33)10-17(30)27-13-8-12(24)15(34-4)9-16(13)35-5/h6-9H,10-11H2,1-5H3,(H,27,30). The van der Waals surface area contributed by atoms with Gasteiger partial charge in [0.15, 0.2) is 0 Å². The molecular formula is C23H24Cl2N4O7. The number of hydrogen-bond acceptors (Lipinski definition) is 8. The first-order chi connectivity index (χ1) is 16.9. The normalized spacial score (nSPS) is 11.3. The lowest BCUT2D eigenvalue weighted by molar-refractivity contribution is -0.155. The van der Waals surface area contributed by atoms with Gasteiger partial charge in [-0.15, -0.1) is 0 Å².